The fourth-order valence-corrected chi connectivity index (χ4v) is 2.06. The topological polar surface area (TPSA) is 55.6 Å². The summed E-state index contributed by atoms with van der Waals surface area (Å²) in [6.07, 6.45) is 0. The van der Waals surface area contributed by atoms with E-state index in [0.29, 0.717) is 5.92 Å². The van der Waals surface area contributed by atoms with Crippen molar-refractivity contribution >= 4 is 16.5 Å². The Morgan fingerprint density at radius 3 is 2.76 bits per heavy atom. The zero-order valence-corrected chi connectivity index (χ0v) is 11.4. The minimum atomic E-state index is 0.597. The van der Waals surface area contributed by atoms with Gasteiger partial charge in [0.25, 0.3) is 0 Å². The molecule has 0 aliphatic rings. The number of rotatable bonds is 4. The van der Waals surface area contributed by atoms with Crippen LogP contribution in [0.2, 0.25) is 0 Å². The lowest BCUT2D eigenvalue weighted by molar-refractivity contribution is 0.687. The van der Waals surface area contributed by atoms with Gasteiger partial charge in [0.1, 0.15) is 5.69 Å². The van der Waals surface area contributed by atoms with Crippen LogP contribution in [0.3, 0.4) is 0 Å². The average Bonchev–Trinajstić information content (AvgIpc) is 2.84. The summed E-state index contributed by atoms with van der Waals surface area (Å²) < 4.78 is 1.85. The van der Waals surface area contributed by atoms with Crippen LogP contribution in [0.5, 0.6) is 0 Å². The van der Waals surface area contributed by atoms with Crippen molar-refractivity contribution in [3.63, 3.8) is 0 Å². The molecule has 0 atom stereocenters. The Kier molecular flexibility index (Phi) is 3.42. The Morgan fingerprint density at radius 1 is 1.41 bits per heavy atom. The molecular weight excluding hydrogens is 234 g/mol. The van der Waals surface area contributed by atoms with Gasteiger partial charge in [0.15, 0.2) is 5.01 Å². The van der Waals surface area contributed by atoms with Crippen LogP contribution in [0.25, 0.3) is 10.7 Å². The van der Waals surface area contributed by atoms with Crippen molar-refractivity contribution in [1.82, 2.24) is 20.0 Å². The minimum absolute atomic E-state index is 0.597. The van der Waals surface area contributed by atoms with E-state index < -0.39 is 0 Å². The van der Waals surface area contributed by atoms with Gasteiger partial charge in [-0.1, -0.05) is 25.2 Å². The maximum absolute atomic E-state index is 4.39. The molecule has 0 radical (unpaired) electrons. The molecule has 0 saturated carbocycles. The molecule has 0 aliphatic heterocycles. The second kappa shape index (κ2) is 4.83. The van der Waals surface area contributed by atoms with Gasteiger partial charge in [0, 0.05) is 19.3 Å². The third kappa shape index (κ3) is 2.82. The van der Waals surface area contributed by atoms with Gasteiger partial charge in [-0.2, -0.15) is 5.10 Å². The molecule has 2 heterocycles. The standard InChI is InChI=1S/C11H17N5S/c1-7(2)6-12-11-14-13-10(17-11)9-5-8(3)16(4)15-9/h5,7H,6H2,1-4H3,(H,12,14). The van der Waals surface area contributed by atoms with Gasteiger partial charge >= 0.3 is 0 Å². The number of hydrogen-bond acceptors (Lipinski definition) is 5. The van der Waals surface area contributed by atoms with Crippen LogP contribution in [0.4, 0.5) is 5.13 Å². The number of hydrogen-bond donors (Lipinski definition) is 1. The van der Waals surface area contributed by atoms with E-state index in [2.05, 4.69) is 34.5 Å². The SMILES string of the molecule is Cc1cc(-c2nnc(NCC(C)C)s2)nn1C. The molecule has 0 saturated heterocycles. The molecular formula is C11H17N5S. The van der Waals surface area contributed by atoms with Crippen LogP contribution < -0.4 is 5.32 Å². The number of nitrogens with zero attached hydrogens (tertiary/aromatic N) is 4. The van der Waals surface area contributed by atoms with E-state index in [0.717, 1.165) is 28.1 Å². The van der Waals surface area contributed by atoms with Gasteiger partial charge in [0.2, 0.25) is 5.13 Å². The van der Waals surface area contributed by atoms with Crippen molar-refractivity contribution in [2.75, 3.05) is 11.9 Å². The predicted molar refractivity (Wildman–Crippen MR) is 70.2 cm³/mol. The van der Waals surface area contributed by atoms with Crippen LogP contribution in [-0.4, -0.2) is 26.5 Å². The molecule has 5 nitrogen and oxygen atoms in total. The van der Waals surface area contributed by atoms with E-state index in [1.54, 1.807) is 11.3 Å². The van der Waals surface area contributed by atoms with Gasteiger partial charge < -0.3 is 5.32 Å². The molecule has 0 bridgehead atoms. The summed E-state index contributed by atoms with van der Waals surface area (Å²) in [6.45, 7) is 7.26. The van der Waals surface area contributed by atoms with Crippen LogP contribution in [0, 0.1) is 12.8 Å². The zero-order chi connectivity index (χ0) is 12.4. The van der Waals surface area contributed by atoms with Gasteiger partial charge in [-0.15, -0.1) is 10.2 Å². The Bertz CT molecular complexity index is 480. The van der Waals surface area contributed by atoms with Crippen LogP contribution >= 0.6 is 11.3 Å². The van der Waals surface area contributed by atoms with E-state index in [1.165, 1.54) is 0 Å². The normalized spacial score (nSPS) is 11.1. The highest BCUT2D eigenvalue weighted by molar-refractivity contribution is 7.18. The summed E-state index contributed by atoms with van der Waals surface area (Å²) in [5, 5.41) is 17.6. The van der Waals surface area contributed by atoms with Gasteiger partial charge in [-0.25, -0.2) is 0 Å². The predicted octanol–water partition coefficient (Wildman–Crippen LogP) is 2.31. The molecule has 2 rings (SSSR count). The largest absolute Gasteiger partial charge is 0.360 e. The molecule has 17 heavy (non-hydrogen) atoms. The first-order valence-electron chi connectivity index (χ1n) is 5.64. The van der Waals surface area contributed by atoms with E-state index in [9.17, 15) is 0 Å². The third-order valence-electron chi connectivity index (χ3n) is 2.42. The van der Waals surface area contributed by atoms with Gasteiger partial charge in [-0.05, 0) is 18.9 Å². The highest BCUT2D eigenvalue weighted by Crippen LogP contribution is 2.25. The van der Waals surface area contributed by atoms with E-state index >= 15 is 0 Å². The fraction of sp³-hybridized carbons (Fsp3) is 0.545. The van der Waals surface area contributed by atoms with Crippen LogP contribution in [0.1, 0.15) is 19.5 Å². The molecule has 6 heteroatoms. The molecule has 2 aromatic heterocycles. The zero-order valence-electron chi connectivity index (χ0n) is 10.6. The average molecular weight is 251 g/mol. The first kappa shape index (κ1) is 12.0. The number of aryl methyl sites for hydroxylation is 2. The second-order valence-electron chi connectivity index (χ2n) is 4.48. The summed E-state index contributed by atoms with van der Waals surface area (Å²) in [7, 11) is 1.93. The third-order valence-corrected chi connectivity index (χ3v) is 3.32. The summed E-state index contributed by atoms with van der Waals surface area (Å²) in [6, 6.07) is 2.02. The lowest BCUT2D eigenvalue weighted by Gasteiger charge is -2.03. The number of anilines is 1. The lowest BCUT2D eigenvalue weighted by atomic mass is 10.2. The first-order valence-corrected chi connectivity index (χ1v) is 6.46. The highest BCUT2D eigenvalue weighted by atomic mass is 32.1. The molecule has 0 aliphatic carbocycles. The van der Waals surface area contributed by atoms with Gasteiger partial charge in [-0.3, -0.25) is 4.68 Å². The molecule has 1 N–H and O–H groups in total. The highest BCUT2D eigenvalue weighted by Gasteiger charge is 2.10. The Hall–Kier alpha value is -1.43. The van der Waals surface area contributed by atoms with Crippen molar-refractivity contribution in [3.8, 4) is 10.7 Å². The van der Waals surface area contributed by atoms with Crippen molar-refractivity contribution in [1.29, 1.82) is 0 Å². The van der Waals surface area contributed by atoms with E-state index in [4.69, 9.17) is 0 Å². The second-order valence-corrected chi connectivity index (χ2v) is 5.46. The molecule has 0 unspecified atom stereocenters. The molecule has 0 aromatic carbocycles. The van der Waals surface area contributed by atoms with Crippen molar-refractivity contribution in [2.24, 2.45) is 13.0 Å². The lowest BCUT2D eigenvalue weighted by Crippen LogP contribution is -2.07. The first-order chi connectivity index (χ1) is 8.06. The summed E-state index contributed by atoms with van der Waals surface area (Å²) in [5.41, 5.74) is 2.01. The Balaban J connectivity index is 2.12. The quantitative estimate of drug-likeness (QED) is 0.906. The van der Waals surface area contributed by atoms with Gasteiger partial charge in [0.05, 0.1) is 0 Å². The molecule has 92 valence electrons. The smallest absolute Gasteiger partial charge is 0.206 e. The van der Waals surface area contributed by atoms with Crippen molar-refractivity contribution in [2.45, 2.75) is 20.8 Å². The number of nitrogens with one attached hydrogen (secondary N) is 1. The molecule has 2 aromatic rings. The van der Waals surface area contributed by atoms with Crippen molar-refractivity contribution < 1.29 is 0 Å². The summed E-state index contributed by atoms with van der Waals surface area (Å²) >= 11 is 1.54. The van der Waals surface area contributed by atoms with E-state index in [-0.39, 0.29) is 0 Å². The maximum Gasteiger partial charge on any atom is 0.206 e. The fourth-order valence-electron chi connectivity index (χ4n) is 1.35. The minimum Gasteiger partial charge on any atom is -0.360 e. The molecule has 0 spiro atoms. The van der Waals surface area contributed by atoms with E-state index in [1.807, 2.05) is 24.7 Å². The number of aromatic nitrogens is 4. The Labute approximate surface area is 105 Å². The summed E-state index contributed by atoms with van der Waals surface area (Å²) in [4.78, 5) is 0. The summed E-state index contributed by atoms with van der Waals surface area (Å²) in [5.74, 6) is 0.597. The monoisotopic (exact) mass is 251 g/mol. The maximum atomic E-state index is 4.39. The van der Waals surface area contributed by atoms with Crippen molar-refractivity contribution in [3.05, 3.63) is 11.8 Å². The Morgan fingerprint density at radius 2 is 2.18 bits per heavy atom. The molecule has 0 fully saturated rings. The van der Waals surface area contributed by atoms with Crippen LogP contribution in [-0.2, 0) is 7.05 Å². The van der Waals surface area contributed by atoms with Crippen LogP contribution in [0.15, 0.2) is 6.07 Å². The molecule has 0 amide bonds.